The third-order valence-electron chi connectivity index (χ3n) is 3.47. The largest absolute Gasteiger partial charge is 0.376 e. The van der Waals surface area contributed by atoms with Gasteiger partial charge in [0.2, 0.25) is 5.16 Å². The highest BCUT2D eigenvalue weighted by Crippen LogP contribution is 2.24. The van der Waals surface area contributed by atoms with E-state index in [1.807, 2.05) is 16.8 Å². The van der Waals surface area contributed by atoms with Crippen LogP contribution in [0.25, 0.3) is 11.5 Å². The highest BCUT2D eigenvalue weighted by atomic mass is 32.2. The lowest BCUT2D eigenvalue weighted by atomic mass is 10.2. The number of hydrogen-bond acceptors (Lipinski definition) is 9. The number of thiophene rings is 1. The molecule has 0 radical (unpaired) electrons. The fourth-order valence-electron chi connectivity index (χ4n) is 2.34. The molecule has 1 aliphatic heterocycles. The molecule has 120 valence electrons. The van der Waals surface area contributed by atoms with Gasteiger partial charge in [-0.1, -0.05) is 16.9 Å². The molecule has 3 aromatic heterocycles. The molecular formula is C13H14N6O2S2. The topological polar surface area (TPSA) is 91.8 Å². The van der Waals surface area contributed by atoms with E-state index in [1.54, 1.807) is 16.0 Å². The second-order valence-electron chi connectivity index (χ2n) is 5.10. The van der Waals surface area contributed by atoms with Gasteiger partial charge < -0.3 is 9.26 Å². The van der Waals surface area contributed by atoms with Crippen LogP contribution in [0.4, 0.5) is 0 Å². The lowest BCUT2D eigenvalue weighted by Gasteiger charge is -2.09. The van der Waals surface area contributed by atoms with E-state index in [2.05, 4.69) is 25.7 Å². The van der Waals surface area contributed by atoms with E-state index in [-0.39, 0.29) is 6.10 Å². The van der Waals surface area contributed by atoms with Crippen molar-refractivity contribution < 1.29 is 9.26 Å². The highest BCUT2D eigenvalue weighted by Gasteiger charge is 2.19. The summed E-state index contributed by atoms with van der Waals surface area (Å²) in [5, 5.41) is 20.5. The van der Waals surface area contributed by atoms with Crippen molar-refractivity contribution in [2.75, 3.05) is 6.61 Å². The van der Waals surface area contributed by atoms with Gasteiger partial charge in [0.15, 0.2) is 5.82 Å². The first-order valence-corrected chi connectivity index (χ1v) is 9.17. The van der Waals surface area contributed by atoms with Crippen molar-refractivity contribution in [1.82, 2.24) is 30.3 Å². The molecule has 1 aliphatic rings. The van der Waals surface area contributed by atoms with E-state index >= 15 is 0 Å². The van der Waals surface area contributed by atoms with Crippen LogP contribution in [0.3, 0.4) is 0 Å². The number of thioether (sulfide) groups is 1. The molecule has 23 heavy (non-hydrogen) atoms. The summed E-state index contributed by atoms with van der Waals surface area (Å²) < 4.78 is 12.7. The van der Waals surface area contributed by atoms with Crippen LogP contribution >= 0.6 is 23.1 Å². The van der Waals surface area contributed by atoms with Gasteiger partial charge in [0.25, 0.3) is 5.89 Å². The number of aromatic nitrogens is 6. The second-order valence-corrected chi connectivity index (χ2v) is 6.82. The minimum Gasteiger partial charge on any atom is -0.376 e. The van der Waals surface area contributed by atoms with Crippen LogP contribution in [0.5, 0.6) is 0 Å². The molecule has 4 rings (SSSR count). The van der Waals surface area contributed by atoms with Crippen LogP contribution in [0.1, 0.15) is 18.7 Å². The summed E-state index contributed by atoms with van der Waals surface area (Å²) in [6.45, 7) is 1.51. The quantitative estimate of drug-likeness (QED) is 0.625. The summed E-state index contributed by atoms with van der Waals surface area (Å²) >= 11 is 3.09. The molecule has 0 aliphatic carbocycles. The molecule has 1 unspecified atom stereocenters. The number of rotatable bonds is 6. The second kappa shape index (κ2) is 6.77. The Morgan fingerprint density at radius 2 is 2.43 bits per heavy atom. The monoisotopic (exact) mass is 350 g/mol. The summed E-state index contributed by atoms with van der Waals surface area (Å²) in [6, 6.07) is 1.96. The van der Waals surface area contributed by atoms with Crippen molar-refractivity contribution in [2.24, 2.45) is 0 Å². The van der Waals surface area contributed by atoms with Crippen LogP contribution in [-0.4, -0.2) is 43.1 Å². The Labute approximate surface area is 140 Å². The van der Waals surface area contributed by atoms with Crippen LogP contribution in [-0.2, 0) is 17.0 Å². The summed E-state index contributed by atoms with van der Waals surface area (Å²) in [5.74, 6) is 1.73. The number of nitrogens with zero attached hydrogens (tertiary/aromatic N) is 6. The van der Waals surface area contributed by atoms with Crippen LogP contribution in [0.2, 0.25) is 0 Å². The van der Waals surface area contributed by atoms with Crippen LogP contribution in [0, 0.1) is 0 Å². The fraction of sp³-hybridized carbons (Fsp3) is 0.462. The molecule has 1 fully saturated rings. The standard InChI is InChI=1S/C13H14N6O2S2/c1-2-10(20-4-1)6-19-13(15-17-18-19)23-8-11-14-12(21-16-11)9-3-5-22-7-9/h3,5,7,10H,1-2,4,6,8H2. The van der Waals surface area contributed by atoms with E-state index in [9.17, 15) is 0 Å². The lowest BCUT2D eigenvalue weighted by molar-refractivity contribution is 0.0912. The molecule has 0 spiro atoms. The fourth-order valence-corrected chi connectivity index (χ4v) is 3.70. The third-order valence-corrected chi connectivity index (χ3v) is 5.10. The molecule has 0 amide bonds. The van der Waals surface area contributed by atoms with Crippen LogP contribution in [0.15, 0.2) is 26.5 Å². The lowest BCUT2D eigenvalue weighted by Crippen LogP contribution is -2.16. The van der Waals surface area contributed by atoms with Crippen molar-refractivity contribution in [3.8, 4) is 11.5 Å². The molecule has 1 atom stereocenters. The maximum absolute atomic E-state index is 5.62. The van der Waals surface area contributed by atoms with E-state index < -0.39 is 0 Å². The highest BCUT2D eigenvalue weighted by molar-refractivity contribution is 7.98. The Hall–Kier alpha value is -1.78. The Kier molecular flexibility index (Phi) is 4.35. The van der Waals surface area contributed by atoms with Gasteiger partial charge in [0.05, 0.1) is 24.0 Å². The van der Waals surface area contributed by atoms with E-state index in [0.717, 1.165) is 30.2 Å². The predicted octanol–water partition coefficient (Wildman–Crippen LogP) is 2.26. The van der Waals surface area contributed by atoms with Crippen molar-refractivity contribution in [3.05, 3.63) is 22.7 Å². The predicted molar refractivity (Wildman–Crippen MR) is 84.0 cm³/mol. The maximum Gasteiger partial charge on any atom is 0.258 e. The normalized spacial score (nSPS) is 17.8. The third kappa shape index (κ3) is 3.43. The molecule has 3 aromatic rings. The Morgan fingerprint density at radius 1 is 1.43 bits per heavy atom. The first-order chi connectivity index (χ1) is 11.4. The average Bonchev–Trinajstić information content (AvgIpc) is 3.34. The molecule has 1 saturated heterocycles. The first kappa shape index (κ1) is 14.8. The summed E-state index contributed by atoms with van der Waals surface area (Å²) in [5.41, 5.74) is 0.946. The zero-order chi connectivity index (χ0) is 15.5. The Morgan fingerprint density at radius 3 is 3.26 bits per heavy atom. The van der Waals surface area contributed by atoms with Gasteiger partial charge in [-0.25, -0.2) is 4.68 Å². The smallest absolute Gasteiger partial charge is 0.258 e. The molecular weight excluding hydrogens is 336 g/mol. The van der Waals surface area contributed by atoms with Crippen molar-refractivity contribution in [1.29, 1.82) is 0 Å². The molecule has 4 heterocycles. The van der Waals surface area contributed by atoms with Gasteiger partial charge in [0, 0.05) is 12.0 Å². The zero-order valence-electron chi connectivity index (χ0n) is 12.2. The number of tetrazole rings is 1. The first-order valence-electron chi connectivity index (χ1n) is 7.24. The molecule has 0 saturated carbocycles. The van der Waals surface area contributed by atoms with Crippen molar-refractivity contribution >= 4 is 23.1 Å². The number of hydrogen-bond donors (Lipinski definition) is 0. The molecule has 0 bridgehead atoms. The summed E-state index contributed by atoms with van der Waals surface area (Å²) in [7, 11) is 0. The van der Waals surface area contributed by atoms with Gasteiger partial charge in [-0.3, -0.25) is 0 Å². The average molecular weight is 350 g/mol. The molecule has 0 aromatic carbocycles. The van der Waals surface area contributed by atoms with Crippen LogP contribution < -0.4 is 0 Å². The van der Waals surface area contributed by atoms with Gasteiger partial charge in [0.1, 0.15) is 0 Å². The van der Waals surface area contributed by atoms with E-state index in [0.29, 0.717) is 24.0 Å². The molecule has 10 heteroatoms. The zero-order valence-corrected chi connectivity index (χ0v) is 13.8. The summed E-state index contributed by atoms with van der Waals surface area (Å²) in [6.07, 6.45) is 2.36. The van der Waals surface area contributed by atoms with E-state index in [1.165, 1.54) is 11.8 Å². The Bertz CT molecular complexity index is 750. The SMILES string of the molecule is c1cc(-c2nc(CSc3nnnn3CC3CCCO3)no2)cs1. The van der Waals surface area contributed by atoms with Gasteiger partial charge in [-0.05, 0) is 34.7 Å². The molecule has 0 N–H and O–H groups in total. The Balaban J connectivity index is 1.38. The van der Waals surface area contributed by atoms with Gasteiger partial charge >= 0.3 is 0 Å². The maximum atomic E-state index is 5.62. The van der Waals surface area contributed by atoms with E-state index in [4.69, 9.17) is 9.26 Å². The summed E-state index contributed by atoms with van der Waals surface area (Å²) in [4.78, 5) is 4.39. The van der Waals surface area contributed by atoms with Gasteiger partial charge in [-0.2, -0.15) is 16.3 Å². The van der Waals surface area contributed by atoms with Crippen molar-refractivity contribution in [2.45, 2.75) is 36.4 Å². The van der Waals surface area contributed by atoms with Gasteiger partial charge in [-0.15, -0.1) is 5.10 Å². The minimum absolute atomic E-state index is 0.202. The van der Waals surface area contributed by atoms with Crippen molar-refractivity contribution in [3.63, 3.8) is 0 Å². The number of ether oxygens (including phenoxy) is 1. The minimum atomic E-state index is 0.202. The molecule has 8 nitrogen and oxygen atoms in total.